The van der Waals surface area contributed by atoms with Gasteiger partial charge in [-0.15, -0.1) is 0 Å². The number of aromatic amines is 1. The van der Waals surface area contributed by atoms with E-state index in [1.54, 1.807) is 12.3 Å². The van der Waals surface area contributed by atoms with E-state index in [4.69, 9.17) is 4.42 Å². The van der Waals surface area contributed by atoms with Crippen molar-refractivity contribution in [3.05, 3.63) is 71.2 Å². The molecule has 4 heterocycles. The summed E-state index contributed by atoms with van der Waals surface area (Å²) < 4.78 is 5.92. The van der Waals surface area contributed by atoms with Crippen LogP contribution in [0.15, 0.2) is 47.0 Å². The Balaban J connectivity index is 1.36. The molecule has 0 radical (unpaired) electrons. The van der Waals surface area contributed by atoms with E-state index in [1.165, 1.54) is 5.56 Å². The van der Waals surface area contributed by atoms with Crippen molar-refractivity contribution in [1.82, 2.24) is 25.0 Å². The van der Waals surface area contributed by atoms with E-state index in [1.807, 2.05) is 24.8 Å². The van der Waals surface area contributed by atoms with Crippen LogP contribution in [0, 0.1) is 19.3 Å². The van der Waals surface area contributed by atoms with Gasteiger partial charge in [-0.25, -0.2) is 4.98 Å². The molecule has 1 aromatic carbocycles. The fourth-order valence-electron chi connectivity index (χ4n) is 4.77. The average Bonchev–Trinajstić information content (AvgIpc) is 3.39. The van der Waals surface area contributed by atoms with Crippen molar-refractivity contribution in [2.24, 2.45) is 5.41 Å². The lowest BCUT2D eigenvalue weighted by molar-refractivity contribution is -0.00105. The van der Waals surface area contributed by atoms with Gasteiger partial charge in [0, 0.05) is 43.8 Å². The Hall–Kier alpha value is -2.93. The number of nitrogens with one attached hydrogen (secondary N) is 1. The van der Waals surface area contributed by atoms with Gasteiger partial charge in [0.05, 0.1) is 12.1 Å². The molecule has 150 valence electrons. The highest BCUT2D eigenvalue weighted by Crippen LogP contribution is 2.49. The molecular formula is C22H25N5O2. The molecule has 5 rings (SSSR count). The topological polar surface area (TPSA) is 78.3 Å². The van der Waals surface area contributed by atoms with Crippen LogP contribution in [-0.2, 0) is 6.54 Å². The lowest BCUT2D eigenvalue weighted by atomic mass is 9.71. The fourth-order valence-corrected chi connectivity index (χ4v) is 4.77. The predicted octanol–water partition coefficient (Wildman–Crippen LogP) is 2.76. The van der Waals surface area contributed by atoms with Crippen LogP contribution in [0.1, 0.15) is 39.3 Å². The highest BCUT2D eigenvalue weighted by molar-refractivity contribution is 5.93. The number of oxazole rings is 1. The van der Waals surface area contributed by atoms with Crippen molar-refractivity contribution in [2.45, 2.75) is 26.3 Å². The van der Waals surface area contributed by atoms with Crippen LogP contribution >= 0.6 is 0 Å². The molecule has 1 unspecified atom stereocenters. The smallest absolute Gasteiger partial charge is 0.274 e. The van der Waals surface area contributed by atoms with E-state index in [-0.39, 0.29) is 17.2 Å². The number of carbonyl (C=O) groups is 1. The largest absolute Gasteiger partial charge is 0.446 e. The number of amides is 1. The van der Waals surface area contributed by atoms with Gasteiger partial charge in [0.15, 0.2) is 5.89 Å². The summed E-state index contributed by atoms with van der Waals surface area (Å²) in [5, 5.41) is 6.98. The van der Waals surface area contributed by atoms with E-state index in [0.29, 0.717) is 18.8 Å². The van der Waals surface area contributed by atoms with E-state index in [0.717, 1.165) is 37.0 Å². The normalized spacial score (nSPS) is 20.9. The first-order chi connectivity index (χ1) is 14.0. The SMILES string of the molecule is Cc1cc(C(=O)N2CC3(CN(Cc4ccccc4)CC3c3ncc(C)o3)C2)n[nH]1. The van der Waals surface area contributed by atoms with Gasteiger partial charge < -0.3 is 9.32 Å². The van der Waals surface area contributed by atoms with E-state index >= 15 is 0 Å². The maximum Gasteiger partial charge on any atom is 0.274 e. The number of hydrogen-bond donors (Lipinski definition) is 1. The Labute approximate surface area is 169 Å². The highest BCUT2D eigenvalue weighted by Gasteiger charge is 2.57. The summed E-state index contributed by atoms with van der Waals surface area (Å²) in [4.78, 5) is 21.7. The lowest BCUT2D eigenvalue weighted by Crippen LogP contribution is -2.61. The first kappa shape index (κ1) is 18.1. The van der Waals surface area contributed by atoms with Crippen molar-refractivity contribution in [3.63, 3.8) is 0 Å². The molecule has 1 amide bonds. The van der Waals surface area contributed by atoms with Gasteiger partial charge in [-0.05, 0) is 25.5 Å². The quantitative estimate of drug-likeness (QED) is 0.740. The molecule has 0 aliphatic carbocycles. The first-order valence-electron chi connectivity index (χ1n) is 10.0. The second-order valence-electron chi connectivity index (χ2n) is 8.48. The molecule has 1 N–H and O–H groups in total. The molecule has 0 saturated carbocycles. The first-order valence-corrected chi connectivity index (χ1v) is 10.0. The number of aryl methyl sites for hydroxylation is 2. The number of hydrogen-bond acceptors (Lipinski definition) is 5. The molecular weight excluding hydrogens is 366 g/mol. The second-order valence-corrected chi connectivity index (χ2v) is 8.48. The molecule has 2 saturated heterocycles. The lowest BCUT2D eigenvalue weighted by Gasteiger charge is -2.50. The molecule has 7 heteroatoms. The molecule has 1 atom stereocenters. The Morgan fingerprint density at radius 2 is 2.03 bits per heavy atom. The van der Waals surface area contributed by atoms with Crippen molar-refractivity contribution < 1.29 is 9.21 Å². The van der Waals surface area contributed by atoms with Gasteiger partial charge in [0.25, 0.3) is 5.91 Å². The molecule has 3 aromatic rings. The molecule has 2 fully saturated rings. The summed E-state index contributed by atoms with van der Waals surface area (Å²) in [5.41, 5.74) is 2.66. The van der Waals surface area contributed by atoms with Crippen molar-refractivity contribution >= 4 is 5.91 Å². The summed E-state index contributed by atoms with van der Waals surface area (Å²) >= 11 is 0. The Morgan fingerprint density at radius 3 is 2.69 bits per heavy atom. The van der Waals surface area contributed by atoms with Crippen molar-refractivity contribution in [3.8, 4) is 0 Å². The molecule has 2 aliphatic heterocycles. The molecule has 7 nitrogen and oxygen atoms in total. The fraction of sp³-hybridized carbons (Fsp3) is 0.409. The standard InChI is InChI=1S/C22H25N5O2/c1-15-8-19(25-24-15)21(28)27-13-22(14-27)12-26(10-17-6-4-3-5-7-17)11-18(22)20-23-9-16(2)29-20/h3-9,18H,10-14H2,1-2H3,(H,24,25). The van der Waals surface area contributed by atoms with Gasteiger partial charge in [-0.3, -0.25) is 14.8 Å². The van der Waals surface area contributed by atoms with Crippen LogP contribution in [0.2, 0.25) is 0 Å². The summed E-state index contributed by atoms with van der Waals surface area (Å²) in [6.45, 7) is 7.95. The number of likely N-dealkylation sites (tertiary alicyclic amines) is 2. The highest BCUT2D eigenvalue weighted by atomic mass is 16.4. The maximum atomic E-state index is 12.8. The van der Waals surface area contributed by atoms with Gasteiger partial charge in [0.2, 0.25) is 0 Å². The van der Waals surface area contributed by atoms with Crippen molar-refractivity contribution in [2.75, 3.05) is 26.2 Å². The minimum absolute atomic E-state index is 0.0104. The zero-order valence-corrected chi connectivity index (χ0v) is 16.8. The monoisotopic (exact) mass is 391 g/mol. The van der Waals surface area contributed by atoms with Gasteiger partial charge in [-0.2, -0.15) is 5.10 Å². The van der Waals surface area contributed by atoms with Crippen LogP contribution in [0.4, 0.5) is 0 Å². The van der Waals surface area contributed by atoms with Gasteiger partial charge in [-0.1, -0.05) is 30.3 Å². The number of carbonyl (C=O) groups excluding carboxylic acids is 1. The van der Waals surface area contributed by atoms with E-state index < -0.39 is 0 Å². The average molecular weight is 391 g/mol. The van der Waals surface area contributed by atoms with Crippen LogP contribution in [-0.4, -0.2) is 57.1 Å². The number of benzene rings is 1. The number of rotatable bonds is 4. The molecule has 2 aliphatic rings. The third-order valence-corrected chi connectivity index (χ3v) is 6.13. The number of aromatic nitrogens is 3. The van der Waals surface area contributed by atoms with E-state index in [2.05, 4.69) is 44.3 Å². The molecule has 2 aromatic heterocycles. The maximum absolute atomic E-state index is 12.8. The minimum atomic E-state index is -0.0207. The summed E-state index contributed by atoms with van der Waals surface area (Å²) in [5.74, 6) is 1.80. The van der Waals surface area contributed by atoms with Gasteiger partial charge >= 0.3 is 0 Å². The van der Waals surface area contributed by atoms with Crippen LogP contribution in [0.25, 0.3) is 0 Å². The number of H-pyrrole nitrogens is 1. The summed E-state index contributed by atoms with van der Waals surface area (Å²) in [6.07, 6.45) is 1.79. The minimum Gasteiger partial charge on any atom is -0.446 e. The predicted molar refractivity (Wildman–Crippen MR) is 107 cm³/mol. The Kier molecular flexibility index (Phi) is 4.28. The summed E-state index contributed by atoms with van der Waals surface area (Å²) in [6, 6.07) is 12.3. The van der Waals surface area contributed by atoms with Crippen molar-refractivity contribution in [1.29, 1.82) is 0 Å². The van der Waals surface area contributed by atoms with Crippen LogP contribution < -0.4 is 0 Å². The number of nitrogens with zero attached hydrogens (tertiary/aromatic N) is 4. The van der Waals surface area contributed by atoms with Crippen LogP contribution in [0.5, 0.6) is 0 Å². The zero-order valence-electron chi connectivity index (χ0n) is 16.8. The molecule has 0 bridgehead atoms. The van der Waals surface area contributed by atoms with Gasteiger partial charge in [0.1, 0.15) is 11.5 Å². The summed E-state index contributed by atoms with van der Waals surface area (Å²) in [7, 11) is 0. The third-order valence-electron chi connectivity index (χ3n) is 6.13. The molecule has 29 heavy (non-hydrogen) atoms. The van der Waals surface area contributed by atoms with E-state index in [9.17, 15) is 4.79 Å². The zero-order chi connectivity index (χ0) is 20.0. The Morgan fingerprint density at radius 1 is 1.24 bits per heavy atom. The second kappa shape index (κ2) is 6.84. The molecule has 1 spiro atoms. The van der Waals surface area contributed by atoms with Crippen LogP contribution in [0.3, 0.4) is 0 Å². The Bertz CT molecular complexity index is 1020. The third kappa shape index (κ3) is 3.25.